The number of anilines is 1. The average molecular weight is 331 g/mol. The predicted octanol–water partition coefficient (Wildman–Crippen LogP) is 2.02. The molecule has 0 radical (unpaired) electrons. The SMILES string of the molecule is CC1COCCN1c1cc(C2([S@](C)(=N)=O)CC2)nc(Cl)n1. The highest BCUT2D eigenvalue weighted by molar-refractivity contribution is 7.92. The molecule has 1 aliphatic heterocycles. The summed E-state index contributed by atoms with van der Waals surface area (Å²) in [6, 6.07) is 2.05. The van der Waals surface area contributed by atoms with Gasteiger partial charge in [0.15, 0.2) is 0 Å². The monoisotopic (exact) mass is 330 g/mol. The zero-order valence-corrected chi connectivity index (χ0v) is 13.7. The van der Waals surface area contributed by atoms with Gasteiger partial charge in [-0.15, -0.1) is 0 Å². The number of nitrogens with one attached hydrogen (secondary N) is 1. The lowest BCUT2D eigenvalue weighted by Gasteiger charge is -2.34. The molecule has 1 aromatic rings. The van der Waals surface area contributed by atoms with Crippen LogP contribution in [0, 0.1) is 4.78 Å². The van der Waals surface area contributed by atoms with Gasteiger partial charge in [-0.2, -0.15) is 0 Å². The van der Waals surface area contributed by atoms with Crippen molar-refractivity contribution in [3.05, 3.63) is 17.0 Å². The Morgan fingerprint density at radius 3 is 2.81 bits per heavy atom. The molecule has 8 heteroatoms. The van der Waals surface area contributed by atoms with Gasteiger partial charge >= 0.3 is 0 Å². The minimum Gasteiger partial charge on any atom is -0.377 e. The number of ether oxygens (including phenoxy) is 1. The Labute approximate surface area is 129 Å². The Kier molecular flexibility index (Phi) is 3.62. The first kappa shape index (κ1) is 15.0. The van der Waals surface area contributed by atoms with Crippen LogP contribution in [-0.4, -0.2) is 46.2 Å². The van der Waals surface area contributed by atoms with E-state index in [-0.39, 0.29) is 11.3 Å². The van der Waals surface area contributed by atoms with Crippen LogP contribution >= 0.6 is 11.6 Å². The van der Waals surface area contributed by atoms with Crippen molar-refractivity contribution in [1.82, 2.24) is 9.97 Å². The van der Waals surface area contributed by atoms with Gasteiger partial charge in [0, 0.05) is 18.9 Å². The molecule has 1 unspecified atom stereocenters. The lowest BCUT2D eigenvalue weighted by atomic mass is 10.2. The molecule has 2 aliphatic rings. The fourth-order valence-corrected chi connectivity index (χ4v) is 4.37. The maximum atomic E-state index is 12.3. The fourth-order valence-electron chi connectivity index (χ4n) is 2.81. The van der Waals surface area contributed by atoms with Gasteiger partial charge in [-0.3, -0.25) is 4.78 Å². The summed E-state index contributed by atoms with van der Waals surface area (Å²) in [4.78, 5) is 10.7. The van der Waals surface area contributed by atoms with Crippen LogP contribution < -0.4 is 4.90 Å². The van der Waals surface area contributed by atoms with Crippen molar-refractivity contribution >= 4 is 27.1 Å². The van der Waals surface area contributed by atoms with E-state index in [9.17, 15) is 4.21 Å². The van der Waals surface area contributed by atoms with Crippen LogP contribution in [0.2, 0.25) is 5.28 Å². The second kappa shape index (κ2) is 5.07. The highest BCUT2D eigenvalue weighted by Crippen LogP contribution is 2.52. The number of morpholine rings is 1. The number of rotatable bonds is 3. The minimum atomic E-state index is -2.71. The summed E-state index contributed by atoms with van der Waals surface area (Å²) in [6.45, 7) is 4.10. The Bertz CT molecular complexity index is 660. The third kappa shape index (κ3) is 2.62. The van der Waals surface area contributed by atoms with E-state index in [1.54, 1.807) is 0 Å². The number of aromatic nitrogens is 2. The van der Waals surface area contributed by atoms with Crippen molar-refractivity contribution in [3.63, 3.8) is 0 Å². The molecule has 21 heavy (non-hydrogen) atoms. The second-order valence-corrected chi connectivity index (χ2v) is 8.64. The molecule has 0 bridgehead atoms. The number of nitrogens with zero attached hydrogens (tertiary/aromatic N) is 3. The molecular weight excluding hydrogens is 312 g/mol. The minimum absolute atomic E-state index is 0.149. The third-order valence-electron chi connectivity index (χ3n) is 4.26. The van der Waals surface area contributed by atoms with E-state index in [1.807, 2.05) is 6.07 Å². The van der Waals surface area contributed by atoms with E-state index >= 15 is 0 Å². The van der Waals surface area contributed by atoms with Crippen LogP contribution in [0.25, 0.3) is 0 Å². The van der Waals surface area contributed by atoms with E-state index in [0.29, 0.717) is 18.9 Å². The first-order valence-electron chi connectivity index (χ1n) is 6.96. The van der Waals surface area contributed by atoms with Gasteiger partial charge in [0.05, 0.1) is 39.4 Å². The van der Waals surface area contributed by atoms with Crippen molar-refractivity contribution in [2.45, 2.75) is 30.6 Å². The van der Waals surface area contributed by atoms with Gasteiger partial charge in [0.2, 0.25) is 5.28 Å². The van der Waals surface area contributed by atoms with Crippen LogP contribution in [0.3, 0.4) is 0 Å². The summed E-state index contributed by atoms with van der Waals surface area (Å²) < 4.78 is 25.0. The molecule has 0 amide bonds. The van der Waals surface area contributed by atoms with Gasteiger partial charge in [0.1, 0.15) is 5.82 Å². The van der Waals surface area contributed by atoms with E-state index in [4.69, 9.17) is 21.1 Å². The zero-order chi connectivity index (χ0) is 15.3. The Hall–Kier alpha value is -0.920. The van der Waals surface area contributed by atoms with E-state index in [1.165, 1.54) is 6.26 Å². The van der Waals surface area contributed by atoms with E-state index < -0.39 is 14.5 Å². The summed E-state index contributed by atoms with van der Waals surface area (Å²) in [5, 5.41) is 0.149. The summed E-state index contributed by atoms with van der Waals surface area (Å²) >= 11 is 6.07. The largest absolute Gasteiger partial charge is 0.377 e. The molecule has 0 spiro atoms. The Morgan fingerprint density at radius 2 is 2.24 bits per heavy atom. The summed E-state index contributed by atoms with van der Waals surface area (Å²) in [5.41, 5.74) is 0.638. The Balaban J connectivity index is 2.01. The van der Waals surface area contributed by atoms with Crippen LogP contribution in [0.15, 0.2) is 6.07 Å². The fraction of sp³-hybridized carbons (Fsp3) is 0.692. The highest BCUT2D eigenvalue weighted by atomic mass is 35.5. The van der Waals surface area contributed by atoms with Crippen molar-refractivity contribution in [2.24, 2.45) is 0 Å². The van der Waals surface area contributed by atoms with Crippen molar-refractivity contribution in [2.75, 3.05) is 30.9 Å². The first-order chi connectivity index (χ1) is 9.83. The average Bonchev–Trinajstić information content (AvgIpc) is 3.19. The lowest BCUT2D eigenvalue weighted by molar-refractivity contribution is 0.0985. The van der Waals surface area contributed by atoms with Gasteiger partial charge < -0.3 is 9.64 Å². The van der Waals surface area contributed by atoms with Gasteiger partial charge in [-0.25, -0.2) is 14.2 Å². The predicted molar refractivity (Wildman–Crippen MR) is 82.4 cm³/mol. The molecule has 2 fully saturated rings. The third-order valence-corrected chi connectivity index (χ3v) is 6.54. The lowest BCUT2D eigenvalue weighted by Crippen LogP contribution is -2.44. The van der Waals surface area contributed by atoms with Crippen LogP contribution in [0.5, 0.6) is 0 Å². The number of hydrogen-bond donors (Lipinski definition) is 1. The quantitative estimate of drug-likeness (QED) is 0.858. The normalized spacial score (nSPS) is 27.2. The second-order valence-electron chi connectivity index (χ2n) is 5.84. The van der Waals surface area contributed by atoms with Gasteiger partial charge in [0.25, 0.3) is 0 Å². The maximum absolute atomic E-state index is 12.3. The molecule has 2 heterocycles. The highest BCUT2D eigenvalue weighted by Gasteiger charge is 2.53. The molecule has 1 saturated carbocycles. The topological polar surface area (TPSA) is 79.2 Å². The molecule has 1 aliphatic carbocycles. The van der Waals surface area contributed by atoms with Crippen molar-refractivity contribution < 1.29 is 8.95 Å². The molecule has 1 aromatic heterocycles. The molecule has 3 rings (SSSR count). The number of hydrogen-bond acceptors (Lipinski definition) is 6. The summed E-state index contributed by atoms with van der Waals surface area (Å²) in [6.07, 6.45) is 2.92. The molecule has 1 N–H and O–H groups in total. The van der Waals surface area contributed by atoms with Crippen LogP contribution in [0.4, 0.5) is 5.82 Å². The first-order valence-corrected chi connectivity index (χ1v) is 9.31. The smallest absolute Gasteiger partial charge is 0.224 e. The van der Waals surface area contributed by atoms with Crippen LogP contribution in [0.1, 0.15) is 25.5 Å². The van der Waals surface area contributed by atoms with E-state index in [2.05, 4.69) is 21.8 Å². The summed E-state index contributed by atoms with van der Waals surface area (Å²) in [5.74, 6) is 0.732. The Morgan fingerprint density at radius 1 is 1.52 bits per heavy atom. The number of halogens is 1. The van der Waals surface area contributed by atoms with Crippen molar-refractivity contribution in [1.29, 1.82) is 4.78 Å². The van der Waals surface area contributed by atoms with Crippen molar-refractivity contribution in [3.8, 4) is 0 Å². The molecule has 6 nitrogen and oxygen atoms in total. The molecule has 1 saturated heterocycles. The van der Waals surface area contributed by atoms with Gasteiger partial charge in [-0.05, 0) is 31.4 Å². The molecule has 2 atom stereocenters. The molecule has 116 valence electrons. The zero-order valence-electron chi connectivity index (χ0n) is 12.1. The maximum Gasteiger partial charge on any atom is 0.224 e. The molecule has 0 aromatic carbocycles. The molecular formula is C13H19ClN4O2S. The van der Waals surface area contributed by atoms with Gasteiger partial charge in [-0.1, -0.05) is 0 Å². The summed E-state index contributed by atoms with van der Waals surface area (Å²) in [7, 11) is -2.71. The van der Waals surface area contributed by atoms with Crippen LogP contribution in [-0.2, 0) is 19.2 Å². The van der Waals surface area contributed by atoms with E-state index in [0.717, 1.165) is 25.2 Å². The standard InChI is InChI=1S/C13H19ClN4O2S/c1-9-8-20-6-5-18(9)11-7-10(16-12(14)17-11)13(3-4-13)21(2,15)19/h7,9,15H,3-6,8H2,1-2H3/t9?,21-/m1/s1.